The molecule has 0 spiro atoms. The lowest BCUT2D eigenvalue weighted by Crippen LogP contribution is -2.33. The van der Waals surface area contributed by atoms with Crippen molar-refractivity contribution in [1.29, 1.82) is 0 Å². The van der Waals surface area contributed by atoms with Gasteiger partial charge in [-0.25, -0.2) is 0 Å². The molecular weight excluding hydrogens is 340 g/mol. The van der Waals surface area contributed by atoms with Gasteiger partial charge in [0.05, 0.1) is 0 Å². The summed E-state index contributed by atoms with van der Waals surface area (Å²) in [5.74, 6) is 0. The van der Waals surface area contributed by atoms with Crippen LogP contribution in [0.15, 0.2) is 0 Å². The highest BCUT2D eigenvalue weighted by atomic mass is 14.9. The van der Waals surface area contributed by atoms with Crippen molar-refractivity contribution in [3.8, 4) is 0 Å². The second-order valence-corrected chi connectivity index (χ2v) is 9.16. The minimum atomic E-state index is 0.477. The predicted molar refractivity (Wildman–Crippen MR) is 129 cm³/mol. The molecule has 0 fully saturated rings. The van der Waals surface area contributed by atoms with E-state index in [1.807, 2.05) is 0 Å². The minimum absolute atomic E-state index is 0.477. The molecule has 0 rings (SSSR count). The number of nitrogens with one attached hydrogen (secondary N) is 1. The van der Waals surface area contributed by atoms with Crippen LogP contribution in [0.5, 0.6) is 0 Å². The molecule has 0 aromatic carbocycles. The SMILES string of the molecule is CCCCCCCCCCCCCCCCCCCCCCCNC(C)CN. The molecule has 3 N–H and O–H groups in total. The van der Waals surface area contributed by atoms with E-state index in [-0.39, 0.29) is 0 Å². The average molecular weight is 397 g/mol. The van der Waals surface area contributed by atoms with Crippen LogP contribution in [0.3, 0.4) is 0 Å². The predicted octanol–water partition coefficient (Wildman–Crippen LogP) is 8.14. The van der Waals surface area contributed by atoms with Crippen LogP contribution in [-0.4, -0.2) is 19.1 Å². The number of rotatable bonds is 24. The Morgan fingerprint density at radius 3 is 1.07 bits per heavy atom. The van der Waals surface area contributed by atoms with Gasteiger partial charge in [0.2, 0.25) is 0 Å². The summed E-state index contributed by atoms with van der Waals surface area (Å²) in [5.41, 5.74) is 5.60. The Hall–Kier alpha value is -0.0800. The van der Waals surface area contributed by atoms with E-state index < -0.39 is 0 Å². The maximum atomic E-state index is 5.60. The molecule has 1 unspecified atom stereocenters. The van der Waals surface area contributed by atoms with Crippen LogP contribution in [0, 0.1) is 0 Å². The third-order valence-electron chi connectivity index (χ3n) is 6.13. The first-order valence-electron chi connectivity index (χ1n) is 13.2. The lowest BCUT2D eigenvalue weighted by molar-refractivity contribution is 0.506. The summed E-state index contributed by atoms with van der Waals surface area (Å²) in [6, 6.07) is 0.477. The fourth-order valence-corrected chi connectivity index (χ4v) is 3.99. The molecule has 2 heteroatoms. The molecule has 0 radical (unpaired) electrons. The van der Waals surface area contributed by atoms with Gasteiger partial charge >= 0.3 is 0 Å². The second-order valence-electron chi connectivity index (χ2n) is 9.16. The van der Waals surface area contributed by atoms with Crippen molar-refractivity contribution in [2.24, 2.45) is 5.73 Å². The fourth-order valence-electron chi connectivity index (χ4n) is 3.99. The Balaban J connectivity index is 3.00. The Labute approximate surface area is 179 Å². The zero-order chi connectivity index (χ0) is 20.5. The van der Waals surface area contributed by atoms with E-state index >= 15 is 0 Å². The van der Waals surface area contributed by atoms with E-state index in [4.69, 9.17) is 5.73 Å². The fraction of sp³-hybridized carbons (Fsp3) is 1.00. The van der Waals surface area contributed by atoms with E-state index in [9.17, 15) is 0 Å². The molecule has 2 nitrogen and oxygen atoms in total. The number of hydrogen-bond donors (Lipinski definition) is 2. The maximum absolute atomic E-state index is 5.60. The third-order valence-corrected chi connectivity index (χ3v) is 6.13. The molecule has 0 aliphatic carbocycles. The van der Waals surface area contributed by atoms with Crippen molar-refractivity contribution in [2.45, 2.75) is 155 Å². The van der Waals surface area contributed by atoms with Gasteiger partial charge in [-0.05, 0) is 19.9 Å². The Morgan fingerprint density at radius 1 is 0.500 bits per heavy atom. The van der Waals surface area contributed by atoms with Crippen LogP contribution in [-0.2, 0) is 0 Å². The van der Waals surface area contributed by atoms with E-state index in [0.717, 1.165) is 13.1 Å². The van der Waals surface area contributed by atoms with Gasteiger partial charge in [0.15, 0.2) is 0 Å². The van der Waals surface area contributed by atoms with Gasteiger partial charge in [0.25, 0.3) is 0 Å². The van der Waals surface area contributed by atoms with Crippen molar-refractivity contribution in [3.05, 3.63) is 0 Å². The van der Waals surface area contributed by atoms with Crippen LogP contribution in [0.1, 0.15) is 149 Å². The molecule has 0 aliphatic heterocycles. The van der Waals surface area contributed by atoms with E-state index in [2.05, 4.69) is 19.2 Å². The van der Waals surface area contributed by atoms with Crippen LogP contribution >= 0.6 is 0 Å². The lowest BCUT2D eigenvalue weighted by Gasteiger charge is -2.10. The number of unbranched alkanes of at least 4 members (excludes halogenated alkanes) is 20. The first-order chi connectivity index (χ1) is 13.8. The highest BCUT2D eigenvalue weighted by molar-refractivity contribution is 4.60. The summed E-state index contributed by atoms with van der Waals surface area (Å²) < 4.78 is 0. The zero-order valence-corrected chi connectivity index (χ0v) is 19.9. The van der Waals surface area contributed by atoms with Gasteiger partial charge in [-0.15, -0.1) is 0 Å². The van der Waals surface area contributed by atoms with E-state index in [0.29, 0.717) is 6.04 Å². The summed E-state index contributed by atoms with van der Waals surface area (Å²) in [5, 5.41) is 3.47. The Bertz CT molecular complexity index is 267. The van der Waals surface area contributed by atoms with Crippen LogP contribution < -0.4 is 11.1 Å². The van der Waals surface area contributed by atoms with Gasteiger partial charge in [-0.1, -0.05) is 135 Å². The molecule has 0 aromatic heterocycles. The van der Waals surface area contributed by atoms with E-state index in [1.165, 1.54) is 135 Å². The monoisotopic (exact) mass is 396 g/mol. The standard InChI is InChI=1S/C26H56N2/c1-3-4-5-6-7-8-9-10-11-12-13-14-15-16-17-18-19-20-21-22-23-24-28-26(2)25-27/h26,28H,3-25,27H2,1-2H3. The number of nitrogens with two attached hydrogens (primary N) is 1. The smallest absolute Gasteiger partial charge is 0.0161 e. The van der Waals surface area contributed by atoms with Gasteiger partial charge < -0.3 is 11.1 Å². The van der Waals surface area contributed by atoms with Crippen LogP contribution in [0.25, 0.3) is 0 Å². The third kappa shape index (κ3) is 24.0. The zero-order valence-electron chi connectivity index (χ0n) is 19.9. The largest absolute Gasteiger partial charge is 0.329 e. The molecule has 0 bridgehead atoms. The molecule has 0 heterocycles. The quantitative estimate of drug-likeness (QED) is 0.162. The highest BCUT2D eigenvalue weighted by Gasteiger charge is 1.97. The average Bonchev–Trinajstić information content (AvgIpc) is 2.71. The molecule has 0 saturated carbocycles. The summed E-state index contributed by atoms with van der Waals surface area (Å²) in [4.78, 5) is 0. The second kappa shape index (κ2) is 25.0. The molecule has 1 atom stereocenters. The molecule has 0 saturated heterocycles. The van der Waals surface area contributed by atoms with Crippen LogP contribution in [0.2, 0.25) is 0 Å². The maximum Gasteiger partial charge on any atom is 0.0161 e. The van der Waals surface area contributed by atoms with Crippen LogP contribution in [0.4, 0.5) is 0 Å². The molecule has 0 aliphatic rings. The summed E-state index contributed by atoms with van der Waals surface area (Å²) in [6.45, 7) is 6.35. The van der Waals surface area contributed by atoms with Crippen molar-refractivity contribution in [1.82, 2.24) is 5.32 Å². The summed E-state index contributed by atoms with van der Waals surface area (Å²) in [6.07, 6.45) is 30.4. The topological polar surface area (TPSA) is 38.0 Å². The van der Waals surface area contributed by atoms with Crippen molar-refractivity contribution >= 4 is 0 Å². The first-order valence-corrected chi connectivity index (χ1v) is 13.2. The normalized spacial score (nSPS) is 12.5. The molecule has 28 heavy (non-hydrogen) atoms. The Kier molecular flexibility index (Phi) is 24.9. The Morgan fingerprint density at radius 2 is 0.786 bits per heavy atom. The molecule has 170 valence electrons. The van der Waals surface area contributed by atoms with Gasteiger partial charge in [-0.2, -0.15) is 0 Å². The van der Waals surface area contributed by atoms with Crippen molar-refractivity contribution in [2.75, 3.05) is 13.1 Å². The molecule has 0 aromatic rings. The first kappa shape index (κ1) is 27.9. The summed E-state index contributed by atoms with van der Waals surface area (Å²) in [7, 11) is 0. The molecule has 0 amide bonds. The van der Waals surface area contributed by atoms with Gasteiger partial charge in [0.1, 0.15) is 0 Å². The molecular formula is C26H56N2. The van der Waals surface area contributed by atoms with Crippen molar-refractivity contribution < 1.29 is 0 Å². The van der Waals surface area contributed by atoms with E-state index in [1.54, 1.807) is 0 Å². The lowest BCUT2D eigenvalue weighted by atomic mass is 10.0. The highest BCUT2D eigenvalue weighted by Crippen LogP contribution is 2.14. The number of hydrogen-bond acceptors (Lipinski definition) is 2. The summed E-state index contributed by atoms with van der Waals surface area (Å²) >= 11 is 0. The minimum Gasteiger partial charge on any atom is -0.329 e. The van der Waals surface area contributed by atoms with Gasteiger partial charge in [-0.3, -0.25) is 0 Å². The van der Waals surface area contributed by atoms with Crippen molar-refractivity contribution in [3.63, 3.8) is 0 Å². The van der Waals surface area contributed by atoms with Gasteiger partial charge in [0, 0.05) is 12.6 Å².